The van der Waals surface area contributed by atoms with Crippen LogP contribution in [0, 0.1) is 0 Å². The number of rotatable bonds is 5. The summed E-state index contributed by atoms with van der Waals surface area (Å²) >= 11 is 6.17. The Balaban J connectivity index is 2.12. The second-order valence-corrected chi connectivity index (χ2v) is 4.47. The van der Waals surface area contributed by atoms with E-state index in [0.29, 0.717) is 18.3 Å². The van der Waals surface area contributed by atoms with E-state index < -0.39 is 0 Å². The summed E-state index contributed by atoms with van der Waals surface area (Å²) in [6.07, 6.45) is 1.48. The van der Waals surface area contributed by atoms with Gasteiger partial charge in [0, 0.05) is 11.1 Å². The Labute approximate surface area is 117 Å². The number of benzene rings is 1. The van der Waals surface area contributed by atoms with Crippen molar-refractivity contribution >= 4 is 17.4 Å². The third kappa shape index (κ3) is 3.58. The van der Waals surface area contributed by atoms with Gasteiger partial charge in [-0.25, -0.2) is 9.97 Å². The summed E-state index contributed by atoms with van der Waals surface area (Å²) in [6.45, 7) is 4.53. The molecule has 0 bridgehead atoms. The van der Waals surface area contributed by atoms with Crippen LogP contribution in [0.3, 0.4) is 0 Å². The van der Waals surface area contributed by atoms with Gasteiger partial charge in [-0.05, 0) is 25.5 Å². The number of aromatic nitrogens is 2. The van der Waals surface area contributed by atoms with Crippen LogP contribution in [0.2, 0.25) is 5.02 Å². The number of hydrogen-bond acceptors (Lipinski definition) is 4. The summed E-state index contributed by atoms with van der Waals surface area (Å²) < 4.78 is 5.34. The lowest BCUT2D eigenvalue weighted by molar-refractivity contribution is 0.326. The fraction of sp³-hybridized carbons (Fsp3) is 0.286. The Bertz CT molecular complexity index is 548. The molecule has 0 saturated carbocycles. The third-order valence-corrected chi connectivity index (χ3v) is 3.01. The van der Waals surface area contributed by atoms with Crippen molar-refractivity contribution in [3.63, 3.8) is 0 Å². The molecule has 4 nitrogen and oxygen atoms in total. The first-order valence-corrected chi connectivity index (χ1v) is 6.54. The molecule has 1 atom stereocenters. The first-order chi connectivity index (χ1) is 9.20. The molecule has 19 heavy (non-hydrogen) atoms. The fourth-order valence-corrected chi connectivity index (χ4v) is 2.07. The van der Waals surface area contributed by atoms with Crippen LogP contribution in [-0.4, -0.2) is 16.6 Å². The zero-order valence-electron chi connectivity index (χ0n) is 10.9. The Morgan fingerprint density at radius 3 is 2.84 bits per heavy atom. The summed E-state index contributed by atoms with van der Waals surface area (Å²) in [7, 11) is 0. The highest BCUT2D eigenvalue weighted by atomic mass is 35.5. The minimum atomic E-state index is 0.0538. The number of hydrogen-bond donors (Lipinski definition) is 1. The van der Waals surface area contributed by atoms with Gasteiger partial charge in [-0.1, -0.05) is 29.8 Å². The van der Waals surface area contributed by atoms with Gasteiger partial charge < -0.3 is 10.1 Å². The van der Waals surface area contributed by atoms with Crippen LogP contribution in [0.4, 0.5) is 5.82 Å². The number of anilines is 1. The Hall–Kier alpha value is -1.81. The summed E-state index contributed by atoms with van der Waals surface area (Å²) in [6, 6.07) is 9.57. The van der Waals surface area contributed by atoms with Gasteiger partial charge in [0.05, 0.1) is 12.6 Å². The highest BCUT2D eigenvalue weighted by Gasteiger charge is 2.10. The monoisotopic (exact) mass is 277 g/mol. The van der Waals surface area contributed by atoms with Crippen molar-refractivity contribution in [2.45, 2.75) is 19.9 Å². The van der Waals surface area contributed by atoms with Gasteiger partial charge in [-0.3, -0.25) is 0 Å². The van der Waals surface area contributed by atoms with Crippen LogP contribution < -0.4 is 10.1 Å². The van der Waals surface area contributed by atoms with Crippen molar-refractivity contribution in [2.24, 2.45) is 0 Å². The predicted octanol–water partition coefficient (Wildman–Crippen LogP) is 3.70. The lowest BCUT2D eigenvalue weighted by Crippen LogP contribution is -2.09. The minimum Gasteiger partial charge on any atom is -0.478 e. The van der Waals surface area contributed by atoms with Gasteiger partial charge in [-0.2, -0.15) is 0 Å². The zero-order valence-corrected chi connectivity index (χ0v) is 11.7. The molecule has 1 unspecified atom stereocenters. The van der Waals surface area contributed by atoms with E-state index in [0.717, 1.165) is 10.6 Å². The quantitative estimate of drug-likeness (QED) is 0.905. The highest BCUT2D eigenvalue weighted by Crippen LogP contribution is 2.25. The van der Waals surface area contributed by atoms with E-state index in [9.17, 15) is 0 Å². The van der Waals surface area contributed by atoms with Crippen molar-refractivity contribution in [3.05, 3.63) is 47.2 Å². The maximum absolute atomic E-state index is 6.17. The first kappa shape index (κ1) is 13.6. The number of ether oxygens (including phenoxy) is 1. The minimum absolute atomic E-state index is 0.0538. The topological polar surface area (TPSA) is 47.0 Å². The van der Waals surface area contributed by atoms with Crippen molar-refractivity contribution in [2.75, 3.05) is 11.9 Å². The van der Waals surface area contributed by atoms with E-state index in [4.69, 9.17) is 16.3 Å². The zero-order chi connectivity index (χ0) is 13.7. The van der Waals surface area contributed by atoms with Gasteiger partial charge in [0.15, 0.2) is 0 Å². The first-order valence-electron chi connectivity index (χ1n) is 6.16. The van der Waals surface area contributed by atoms with Crippen LogP contribution in [0.15, 0.2) is 36.7 Å². The maximum atomic E-state index is 6.17. The van der Waals surface area contributed by atoms with Crippen LogP contribution in [0.1, 0.15) is 25.5 Å². The summed E-state index contributed by atoms with van der Waals surface area (Å²) in [5.74, 6) is 1.28. The molecule has 0 spiro atoms. The van der Waals surface area contributed by atoms with E-state index in [2.05, 4.69) is 15.3 Å². The lowest BCUT2D eigenvalue weighted by atomic mass is 10.1. The van der Waals surface area contributed by atoms with Crippen molar-refractivity contribution in [1.29, 1.82) is 0 Å². The molecule has 0 aliphatic rings. The predicted molar refractivity (Wildman–Crippen MR) is 76.7 cm³/mol. The molecule has 1 aromatic carbocycles. The van der Waals surface area contributed by atoms with Gasteiger partial charge in [0.1, 0.15) is 12.1 Å². The highest BCUT2D eigenvalue weighted by molar-refractivity contribution is 6.31. The molecular formula is C14H16ClN3O. The van der Waals surface area contributed by atoms with Gasteiger partial charge in [0.25, 0.3) is 0 Å². The molecule has 2 aromatic rings. The molecule has 2 rings (SSSR count). The van der Waals surface area contributed by atoms with E-state index in [-0.39, 0.29) is 6.04 Å². The van der Waals surface area contributed by atoms with Gasteiger partial charge in [0.2, 0.25) is 5.88 Å². The molecule has 0 fully saturated rings. The second kappa shape index (κ2) is 6.38. The smallest absolute Gasteiger partial charge is 0.218 e. The SMILES string of the molecule is CCOc1cc(NC(C)c2ccccc2Cl)ncn1. The van der Waals surface area contributed by atoms with E-state index in [1.165, 1.54) is 6.33 Å². The average Bonchev–Trinajstić information content (AvgIpc) is 2.40. The van der Waals surface area contributed by atoms with Crippen molar-refractivity contribution in [1.82, 2.24) is 9.97 Å². The van der Waals surface area contributed by atoms with Crippen LogP contribution in [0.25, 0.3) is 0 Å². The summed E-state index contributed by atoms with van der Waals surface area (Å²) in [4.78, 5) is 8.20. The summed E-state index contributed by atoms with van der Waals surface area (Å²) in [5, 5.41) is 4.02. The standard InChI is InChI=1S/C14H16ClN3O/c1-3-19-14-8-13(16-9-17-14)18-10(2)11-6-4-5-7-12(11)15/h4-10H,3H2,1-2H3,(H,16,17,18). The van der Waals surface area contributed by atoms with Crippen LogP contribution in [0.5, 0.6) is 5.88 Å². The van der Waals surface area contributed by atoms with E-state index >= 15 is 0 Å². The molecule has 0 radical (unpaired) electrons. The number of nitrogens with one attached hydrogen (secondary N) is 1. The molecule has 0 aliphatic heterocycles. The second-order valence-electron chi connectivity index (χ2n) is 4.06. The fourth-order valence-electron chi connectivity index (χ4n) is 1.77. The molecule has 0 saturated heterocycles. The van der Waals surface area contributed by atoms with Gasteiger partial charge >= 0.3 is 0 Å². The Kier molecular flexibility index (Phi) is 4.58. The van der Waals surface area contributed by atoms with Crippen molar-refractivity contribution in [3.8, 4) is 5.88 Å². The number of nitrogens with zero attached hydrogens (tertiary/aromatic N) is 2. The molecule has 1 heterocycles. The average molecular weight is 278 g/mol. The molecule has 5 heteroatoms. The molecule has 0 aliphatic carbocycles. The van der Waals surface area contributed by atoms with Gasteiger partial charge in [-0.15, -0.1) is 0 Å². The summed E-state index contributed by atoms with van der Waals surface area (Å²) in [5.41, 5.74) is 1.03. The molecule has 100 valence electrons. The van der Waals surface area contributed by atoms with Crippen LogP contribution in [-0.2, 0) is 0 Å². The van der Waals surface area contributed by atoms with Crippen LogP contribution >= 0.6 is 11.6 Å². The molecule has 1 aromatic heterocycles. The Morgan fingerprint density at radius 2 is 2.11 bits per heavy atom. The van der Waals surface area contributed by atoms with Crippen molar-refractivity contribution < 1.29 is 4.74 Å². The molecule has 1 N–H and O–H groups in total. The normalized spacial score (nSPS) is 11.9. The molecule has 0 amide bonds. The lowest BCUT2D eigenvalue weighted by Gasteiger charge is -2.16. The third-order valence-electron chi connectivity index (χ3n) is 2.67. The largest absolute Gasteiger partial charge is 0.478 e. The number of halogens is 1. The Morgan fingerprint density at radius 1 is 1.32 bits per heavy atom. The van der Waals surface area contributed by atoms with E-state index in [1.807, 2.05) is 38.1 Å². The maximum Gasteiger partial charge on any atom is 0.218 e. The van der Waals surface area contributed by atoms with E-state index in [1.54, 1.807) is 6.07 Å². The molecular weight excluding hydrogens is 262 g/mol.